The lowest BCUT2D eigenvalue weighted by Crippen LogP contribution is -2.41. The van der Waals surface area contributed by atoms with Crippen LogP contribution in [0.5, 0.6) is 5.75 Å². The van der Waals surface area contributed by atoms with E-state index in [1.165, 1.54) is 18.2 Å². The van der Waals surface area contributed by atoms with Gasteiger partial charge in [-0.15, -0.1) is 0 Å². The number of nitrogens with one attached hydrogen (secondary N) is 2. The maximum absolute atomic E-state index is 12.9. The van der Waals surface area contributed by atoms with Gasteiger partial charge in [-0.3, -0.25) is 19.2 Å². The van der Waals surface area contributed by atoms with Gasteiger partial charge in [-0.2, -0.15) is 0 Å². The van der Waals surface area contributed by atoms with Gasteiger partial charge in [0, 0.05) is 20.2 Å². The van der Waals surface area contributed by atoms with Gasteiger partial charge >= 0.3 is 0 Å². The highest BCUT2D eigenvalue weighted by atomic mass is 16.7. The van der Waals surface area contributed by atoms with Crippen LogP contribution in [0.1, 0.15) is 51.3 Å². The summed E-state index contributed by atoms with van der Waals surface area (Å²) in [7, 11) is 1.59. The molecule has 1 heterocycles. The quantitative estimate of drug-likeness (QED) is 0.416. The summed E-state index contributed by atoms with van der Waals surface area (Å²) in [6.07, 6.45) is 0.383. The Bertz CT molecular complexity index is 987. The molecule has 0 saturated carbocycles. The van der Waals surface area contributed by atoms with Crippen LogP contribution < -0.4 is 15.4 Å². The van der Waals surface area contributed by atoms with Crippen molar-refractivity contribution in [3.05, 3.63) is 53.7 Å². The van der Waals surface area contributed by atoms with Crippen LogP contribution in [0.3, 0.4) is 0 Å². The molecule has 1 aromatic heterocycles. The van der Waals surface area contributed by atoms with E-state index >= 15 is 0 Å². The van der Waals surface area contributed by atoms with Crippen molar-refractivity contribution in [3.63, 3.8) is 0 Å². The highest BCUT2D eigenvalue weighted by Crippen LogP contribution is 2.20. The molecule has 190 valence electrons. The van der Waals surface area contributed by atoms with Crippen LogP contribution in [0.25, 0.3) is 0 Å². The molecule has 1 aromatic carbocycles. The largest absolute Gasteiger partial charge is 0.492 e. The number of amides is 3. The van der Waals surface area contributed by atoms with Gasteiger partial charge in [0.05, 0.1) is 31.1 Å². The van der Waals surface area contributed by atoms with Gasteiger partial charge in [-0.1, -0.05) is 18.2 Å². The topological polar surface area (TPSA) is 130 Å². The number of benzene rings is 1. The summed E-state index contributed by atoms with van der Waals surface area (Å²) >= 11 is 0. The number of anilines is 1. The monoisotopic (exact) mass is 486 g/mol. The first kappa shape index (κ1) is 27.7. The summed E-state index contributed by atoms with van der Waals surface area (Å²) < 4.78 is 5.74. The lowest BCUT2D eigenvalue weighted by Gasteiger charge is -2.30. The molecular weight excluding hydrogens is 452 g/mol. The fourth-order valence-electron chi connectivity index (χ4n) is 3.02. The summed E-state index contributed by atoms with van der Waals surface area (Å²) in [6, 6.07) is 10.3. The number of hydroxylamine groups is 2. The Morgan fingerprint density at radius 2 is 1.80 bits per heavy atom. The number of aromatic nitrogens is 1. The van der Waals surface area contributed by atoms with Gasteiger partial charge in [0.25, 0.3) is 0 Å². The van der Waals surface area contributed by atoms with Crippen molar-refractivity contribution >= 4 is 23.5 Å². The number of aliphatic hydroxyl groups excluding tert-OH is 1. The Morgan fingerprint density at radius 1 is 1.11 bits per heavy atom. The average molecular weight is 487 g/mol. The minimum atomic E-state index is -1.10. The van der Waals surface area contributed by atoms with E-state index < -0.39 is 17.6 Å². The lowest BCUT2D eigenvalue weighted by molar-refractivity contribution is -0.230. The van der Waals surface area contributed by atoms with E-state index in [9.17, 15) is 19.5 Å². The molecule has 0 aliphatic carbocycles. The second-order valence-corrected chi connectivity index (χ2v) is 8.92. The van der Waals surface area contributed by atoms with Gasteiger partial charge in [0.2, 0.25) is 17.7 Å². The summed E-state index contributed by atoms with van der Waals surface area (Å²) in [5.74, 6) is 0.213. The van der Waals surface area contributed by atoms with E-state index in [1.54, 1.807) is 43.4 Å². The summed E-state index contributed by atoms with van der Waals surface area (Å²) in [4.78, 5) is 45.4. The number of ether oxygens (including phenoxy) is 1. The fourth-order valence-corrected chi connectivity index (χ4v) is 3.02. The molecular formula is C25H34N4O6. The van der Waals surface area contributed by atoms with Crippen LogP contribution in [0.4, 0.5) is 5.82 Å². The lowest BCUT2D eigenvalue weighted by atomic mass is 10.1. The number of nitrogens with zero attached hydrogens (tertiary/aromatic N) is 2. The molecule has 10 nitrogen and oxygen atoms in total. The van der Waals surface area contributed by atoms with Crippen molar-refractivity contribution in [2.75, 3.05) is 25.5 Å². The fraction of sp³-hybridized carbons (Fsp3) is 0.440. The molecule has 0 bridgehead atoms. The Balaban J connectivity index is 1.95. The maximum atomic E-state index is 12.9. The molecule has 0 fully saturated rings. The number of likely N-dealkylation sites (N-methyl/N-ethyl adjacent to an activating group) is 1. The molecule has 2 rings (SSSR count). The number of hydrogen-bond acceptors (Lipinski definition) is 7. The van der Waals surface area contributed by atoms with E-state index in [0.717, 1.165) is 5.56 Å². The normalized spacial score (nSPS) is 11.9. The molecule has 3 N–H and O–H groups in total. The van der Waals surface area contributed by atoms with Crippen LogP contribution >= 0.6 is 0 Å². The predicted octanol–water partition coefficient (Wildman–Crippen LogP) is 2.39. The Morgan fingerprint density at radius 3 is 2.34 bits per heavy atom. The van der Waals surface area contributed by atoms with E-state index in [2.05, 4.69) is 15.6 Å². The molecule has 0 saturated heterocycles. The van der Waals surface area contributed by atoms with E-state index in [1.807, 2.05) is 20.8 Å². The van der Waals surface area contributed by atoms with Crippen molar-refractivity contribution in [2.24, 2.45) is 0 Å². The highest BCUT2D eigenvalue weighted by molar-refractivity contribution is 5.87. The van der Waals surface area contributed by atoms with Crippen LogP contribution in [-0.2, 0) is 25.6 Å². The van der Waals surface area contributed by atoms with Crippen LogP contribution in [0.2, 0.25) is 0 Å². The van der Waals surface area contributed by atoms with E-state index in [-0.39, 0.29) is 37.8 Å². The molecule has 0 radical (unpaired) electrons. The van der Waals surface area contributed by atoms with Crippen LogP contribution in [0, 0.1) is 0 Å². The number of carbonyl (C=O) groups is 3. The van der Waals surface area contributed by atoms with Crippen molar-refractivity contribution < 1.29 is 29.1 Å². The zero-order valence-electron chi connectivity index (χ0n) is 20.8. The van der Waals surface area contributed by atoms with Gasteiger partial charge in [-0.05, 0) is 50.1 Å². The highest BCUT2D eigenvalue weighted by Gasteiger charge is 2.25. The summed E-state index contributed by atoms with van der Waals surface area (Å²) in [6.45, 7) is 7.14. The first-order chi connectivity index (χ1) is 16.5. The summed E-state index contributed by atoms with van der Waals surface area (Å²) in [5.41, 5.74) is 0.665. The molecule has 3 amide bonds. The Hall–Kier alpha value is -3.50. The van der Waals surface area contributed by atoms with Gasteiger partial charge in [0.15, 0.2) is 0 Å². The minimum Gasteiger partial charge on any atom is -0.492 e. The first-order valence-electron chi connectivity index (χ1n) is 11.3. The van der Waals surface area contributed by atoms with Gasteiger partial charge in [-0.25, -0.2) is 10.0 Å². The van der Waals surface area contributed by atoms with Crippen molar-refractivity contribution in [2.45, 2.75) is 52.2 Å². The van der Waals surface area contributed by atoms with Crippen LogP contribution in [0.15, 0.2) is 42.6 Å². The molecule has 10 heteroatoms. The first-order valence-corrected chi connectivity index (χ1v) is 11.3. The molecule has 2 aromatic rings. The second-order valence-electron chi connectivity index (χ2n) is 8.92. The number of carbonyl (C=O) groups excluding carboxylic acids is 3. The average Bonchev–Trinajstić information content (AvgIpc) is 2.78. The van der Waals surface area contributed by atoms with Crippen molar-refractivity contribution in [1.82, 2.24) is 15.4 Å². The molecule has 0 aliphatic heterocycles. The predicted molar refractivity (Wildman–Crippen MR) is 130 cm³/mol. The third kappa shape index (κ3) is 10.1. The number of aliphatic hydroxyl groups is 1. The van der Waals surface area contributed by atoms with Gasteiger partial charge < -0.3 is 20.5 Å². The SMILES string of the molecule is CNC(=O)Cc1ccc(OCCN(OC(C)(C)C)C(=O)C[C@@H](O)c2ccc(NC(C)=O)nc2)cc1. The number of hydrogen-bond donors (Lipinski definition) is 3. The van der Waals surface area contributed by atoms with E-state index in [4.69, 9.17) is 9.57 Å². The van der Waals surface area contributed by atoms with Gasteiger partial charge in [0.1, 0.15) is 18.2 Å². The Kier molecular flexibility index (Phi) is 10.2. The molecule has 0 spiro atoms. The molecule has 1 atom stereocenters. The molecule has 0 aliphatic rings. The third-order valence-electron chi connectivity index (χ3n) is 4.64. The van der Waals surface area contributed by atoms with E-state index in [0.29, 0.717) is 17.1 Å². The Labute approximate surface area is 205 Å². The molecule has 35 heavy (non-hydrogen) atoms. The number of rotatable bonds is 11. The standard InChI is InChI=1S/C25H34N4O6/c1-17(30)28-22-11-8-19(16-27-22)21(31)15-24(33)29(35-25(2,3)4)12-13-34-20-9-6-18(7-10-20)14-23(32)26-5/h6-11,16,21,31H,12-15H2,1-5H3,(H,26,32)(H,27,28,30)/t21-/m1/s1. The summed E-state index contributed by atoms with van der Waals surface area (Å²) in [5, 5.41) is 16.9. The van der Waals surface area contributed by atoms with Crippen LogP contribution in [-0.4, -0.2) is 58.7 Å². The van der Waals surface area contributed by atoms with Crippen molar-refractivity contribution in [3.8, 4) is 5.75 Å². The minimum absolute atomic E-state index is 0.0752. The van der Waals surface area contributed by atoms with Crippen molar-refractivity contribution in [1.29, 1.82) is 0 Å². The smallest absolute Gasteiger partial charge is 0.249 e. The maximum Gasteiger partial charge on any atom is 0.249 e. The second kappa shape index (κ2) is 12.8. The number of pyridine rings is 1. The zero-order chi connectivity index (χ0) is 26.0. The molecule has 0 unspecified atom stereocenters. The zero-order valence-corrected chi connectivity index (χ0v) is 20.8. The third-order valence-corrected chi connectivity index (χ3v) is 4.64.